The van der Waals surface area contributed by atoms with Crippen LogP contribution in [0.4, 0.5) is 15.8 Å². The summed E-state index contributed by atoms with van der Waals surface area (Å²) in [6.45, 7) is 0.732. The van der Waals surface area contributed by atoms with Crippen molar-refractivity contribution >= 4 is 23.2 Å². The van der Waals surface area contributed by atoms with Crippen molar-refractivity contribution in [1.29, 1.82) is 0 Å². The number of carbonyl (C=O) groups is 2. The van der Waals surface area contributed by atoms with E-state index in [0.29, 0.717) is 18.8 Å². The topological polar surface area (TPSA) is 105 Å². The molecule has 1 aromatic carbocycles. The van der Waals surface area contributed by atoms with E-state index in [2.05, 4.69) is 5.32 Å². The molecule has 2 heterocycles. The molecule has 3 rings (SSSR count). The summed E-state index contributed by atoms with van der Waals surface area (Å²) in [6, 6.07) is 1.73. The minimum Gasteiger partial charge on any atom is -0.378 e. The molecule has 1 aromatic rings. The van der Waals surface area contributed by atoms with Crippen molar-refractivity contribution in [2.45, 2.75) is 12.1 Å². The van der Waals surface area contributed by atoms with Gasteiger partial charge >= 0.3 is 0 Å². The number of hydrogen-bond donors (Lipinski definition) is 3. The Balaban J connectivity index is 2.01. The highest BCUT2D eigenvalue weighted by Crippen LogP contribution is 2.36. The Morgan fingerprint density at radius 1 is 1.52 bits per heavy atom. The van der Waals surface area contributed by atoms with Crippen molar-refractivity contribution in [2.24, 2.45) is 5.73 Å². The maximum atomic E-state index is 14.3. The van der Waals surface area contributed by atoms with Crippen LogP contribution in [0, 0.1) is 5.82 Å². The zero-order valence-corrected chi connectivity index (χ0v) is 11.0. The second-order valence-corrected chi connectivity index (χ2v) is 4.97. The first kappa shape index (κ1) is 13.8. The van der Waals surface area contributed by atoms with E-state index in [1.807, 2.05) is 0 Å². The van der Waals surface area contributed by atoms with Gasteiger partial charge in [0, 0.05) is 17.8 Å². The van der Waals surface area contributed by atoms with Crippen LogP contribution in [-0.2, 0) is 14.3 Å². The predicted octanol–water partition coefficient (Wildman–Crippen LogP) is -0.498. The molecule has 2 aliphatic rings. The SMILES string of the molecule is NC(=O)C1COCCN1c1cc2c(cc1F)C(O)C(=O)N2. The quantitative estimate of drug-likeness (QED) is 0.682. The molecular weight excluding hydrogens is 281 g/mol. The van der Waals surface area contributed by atoms with Gasteiger partial charge in [0.2, 0.25) is 5.91 Å². The fourth-order valence-corrected chi connectivity index (χ4v) is 2.60. The van der Waals surface area contributed by atoms with Crippen LogP contribution in [0.5, 0.6) is 0 Å². The van der Waals surface area contributed by atoms with Gasteiger partial charge < -0.3 is 25.8 Å². The molecule has 0 saturated carbocycles. The second-order valence-electron chi connectivity index (χ2n) is 4.97. The van der Waals surface area contributed by atoms with Gasteiger partial charge in [0.25, 0.3) is 5.91 Å². The first-order valence-corrected chi connectivity index (χ1v) is 6.45. The first-order chi connectivity index (χ1) is 9.99. The fourth-order valence-electron chi connectivity index (χ4n) is 2.60. The molecular formula is C13H14FN3O4. The number of nitrogens with zero attached hydrogens (tertiary/aromatic N) is 1. The Morgan fingerprint density at radius 3 is 3.00 bits per heavy atom. The van der Waals surface area contributed by atoms with Gasteiger partial charge in [-0.2, -0.15) is 0 Å². The van der Waals surface area contributed by atoms with Crippen LogP contribution in [-0.4, -0.2) is 42.7 Å². The van der Waals surface area contributed by atoms with Gasteiger partial charge in [0.05, 0.1) is 18.9 Å². The standard InChI is InChI=1S/C13H14FN3O4/c14-7-3-6-8(16-13(20)11(6)18)4-9(7)17-1-2-21-5-10(17)12(15)19/h3-4,10-11,18H,1-2,5H2,(H2,15,19)(H,16,20). The molecule has 2 atom stereocenters. The van der Waals surface area contributed by atoms with E-state index in [0.717, 1.165) is 6.07 Å². The number of ether oxygens (including phenoxy) is 1. The van der Waals surface area contributed by atoms with Gasteiger partial charge in [0.15, 0.2) is 6.10 Å². The normalized spacial score (nSPS) is 24.7. The molecule has 1 saturated heterocycles. The number of primary amides is 1. The lowest BCUT2D eigenvalue weighted by atomic mass is 10.1. The smallest absolute Gasteiger partial charge is 0.257 e. The minimum atomic E-state index is -1.37. The summed E-state index contributed by atoms with van der Waals surface area (Å²) in [6.07, 6.45) is -1.37. The molecule has 4 N–H and O–H groups in total. The summed E-state index contributed by atoms with van der Waals surface area (Å²) in [4.78, 5) is 24.4. The Bertz CT molecular complexity index is 622. The number of anilines is 2. The van der Waals surface area contributed by atoms with Crippen LogP contribution in [0.3, 0.4) is 0 Å². The van der Waals surface area contributed by atoms with Crippen molar-refractivity contribution in [2.75, 3.05) is 30.0 Å². The summed E-state index contributed by atoms with van der Waals surface area (Å²) >= 11 is 0. The van der Waals surface area contributed by atoms with Gasteiger partial charge in [-0.1, -0.05) is 0 Å². The summed E-state index contributed by atoms with van der Waals surface area (Å²) in [5.41, 5.74) is 5.97. The van der Waals surface area contributed by atoms with E-state index < -0.39 is 29.8 Å². The lowest BCUT2D eigenvalue weighted by Crippen LogP contribution is -2.53. The molecule has 0 bridgehead atoms. The van der Waals surface area contributed by atoms with Crippen LogP contribution in [0.1, 0.15) is 11.7 Å². The van der Waals surface area contributed by atoms with E-state index in [-0.39, 0.29) is 17.9 Å². The van der Waals surface area contributed by atoms with E-state index in [1.165, 1.54) is 11.0 Å². The molecule has 8 heteroatoms. The third-order valence-electron chi connectivity index (χ3n) is 3.69. The van der Waals surface area contributed by atoms with Gasteiger partial charge in [-0.25, -0.2) is 4.39 Å². The number of nitrogens with one attached hydrogen (secondary N) is 1. The Morgan fingerprint density at radius 2 is 2.29 bits per heavy atom. The number of rotatable bonds is 2. The third-order valence-corrected chi connectivity index (χ3v) is 3.69. The number of benzene rings is 1. The van der Waals surface area contributed by atoms with Crippen molar-refractivity contribution in [3.05, 3.63) is 23.5 Å². The number of aliphatic hydroxyl groups is 1. The molecule has 2 unspecified atom stereocenters. The van der Waals surface area contributed by atoms with Crippen molar-refractivity contribution in [3.63, 3.8) is 0 Å². The minimum absolute atomic E-state index is 0.0842. The Labute approximate surface area is 119 Å². The number of morpholine rings is 1. The maximum absolute atomic E-state index is 14.3. The molecule has 2 aliphatic heterocycles. The summed E-state index contributed by atoms with van der Waals surface area (Å²) in [5.74, 6) is -1.84. The first-order valence-electron chi connectivity index (χ1n) is 6.45. The third kappa shape index (κ3) is 2.22. The highest BCUT2D eigenvalue weighted by molar-refractivity contribution is 6.02. The van der Waals surface area contributed by atoms with Crippen LogP contribution < -0.4 is 16.0 Å². The van der Waals surface area contributed by atoms with E-state index in [9.17, 15) is 19.1 Å². The predicted molar refractivity (Wildman–Crippen MR) is 71.1 cm³/mol. The Kier molecular flexibility index (Phi) is 3.26. The summed E-state index contributed by atoms with van der Waals surface area (Å²) in [5, 5.41) is 12.1. The molecule has 0 aliphatic carbocycles. The van der Waals surface area contributed by atoms with Gasteiger partial charge in [-0.05, 0) is 12.1 Å². The number of nitrogens with two attached hydrogens (primary N) is 1. The summed E-state index contributed by atoms with van der Waals surface area (Å²) < 4.78 is 19.5. The molecule has 0 spiro atoms. The largest absolute Gasteiger partial charge is 0.378 e. The number of aliphatic hydroxyl groups excluding tert-OH is 1. The lowest BCUT2D eigenvalue weighted by Gasteiger charge is -2.35. The molecule has 0 aromatic heterocycles. The molecule has 21 heavy (non-hydrogen) atoms. The van der Waals surface area contributed by atoms with Crippen LogP contribution in [0.25, 0.3) is 0 Å². The van der Waals surface area contributed by atoms with Crippen LogP contribution in [0.15, 0.2) is 12.1 Å². The average molecular weight is 295 g/mol. The monoisotopic (exact) mass is 295 g/mol. The van der Waals surface area contributed by atoms with E-state index in [4.69, 9.17) is 10.5 Å². The fraction of sp³-hybridized carbons (Fsp3) is 0.385. The number of amides is 2. The van der Waals surface area contributed by atoms with Gasteiger partial charge in [-0.15, -0.1) is 0 Å². The molecule has 112 valence electrons. The van der Waals surface area contributed by atoms with E-state index in [1.54, 1.807) is 0 Å². The average Bonchev–Trinajstić information content (AvgIpc) is 2.73. The van der Waals surface area contributed by atoms with Gasteiger partial charge in [0.1, 0.15) is 11.9 Å². The van der Waals surface area contributed by atoms with Gasteiger partial charge in [-0.3, -0.25) is 9.59 Å². The second kappa shape index (κ2) is 4.97. The number of hydrogen-bond acceptors (Lipinski definition) is 5. The van der Waals surface area contributed by atoms with Crippen molar-refractivity contribution < 1.29 is 23.8 Å². The van der Waals surface area contributed by atoms with Crippen LogP contribution >= 0.6 is 0 Å². The number of fused-ring (bicyclic) bond motifs is 1. The van der Waals surface area contributed by atoms with Crippen LogP contribution in [0.2, 0.25) is 0 Å². The maximum Gasteiger partial charge on any atom is 0.257 e. The number of halogens is 1. The molecule has 1 fully saturated rings. The highest BCUT2D eigenvalue weighted by atomic mass is 19.1. The lowest BCUT2D eigenvalue weighted by molar-refractivity contribution is -0.123. The number of carbonyl (C=O) groups excluding carboxylic acids is 2. The van der Waals surface area contributed by atoms with Crippen molar-refractivity contribution in [3.8, 4) is 0 Å². The molecule has 0 radical (unpaired) electrons. The zero-order valence-electron chi connectivity index (χ0n) is 11.0. The molecule has 2 amide bonds. The molecule has 7 nitrogen and oxygen atoms in total. The summed E-state index contributed by atoms with van der Waals surface area (Å²) in [7, 11) is 0. The Hall–Kier alpha value is -2.19. The van der Waals surface area contributed by atoms with Crippen molar-refractivity contribution in [1.82, 2.24) is 0 Å². The zero-order chi connectivity index (χ0) is 15.1. The van der Waals surface area contributed by atoms with E-state index >= 15 is 0 Å². The highest BCUT2D eigenvalue weighted by Gasteiger charge is 2.34.